The zero-order valence-electron chi connectivity index (χ0n) is 10.8. The van der Waals surface area contributed by atoms with E-state index in [9.17, 15) is 0 Å². The molecule has 0 amide bonds. The Bertz CT molecular complexity index is 657. The molecular weight excluding hydrogens is 256 g/mol. The van der Waals surface area contributed by atoms with Crippen molar-refractivity contribution in [3.05, 3.63) is 52.4 Å². The topological polar surface area (TPSA) is 42.2 Å². The summed E-state index contributed by atoms with van der Waals surface area (Å²) in [6.07, 6.45) is 3.03. The van der Waals surface area contributed by atoms with Gasteiger partial charge in [-0.05, 0) is 19.1 Å². The van der Waals surface area contributed by atoms with Gasteiger partial charge in [0.15, 0.2) is 0 Å². The molecule has 0 aliphatic carbocycles. The number of thiazole rings is 1. The molecule has 0 fully saturated rings. The van der Waals surface area contributed by atoms with Crippen LogP contribution in [0.1, 0.15) is 17.1 Å². The van der Waals surface area contributed by atoms with E-state index in [-0.39, 0.29) is 0 Å². The Morgan fingerprint density at radius 1 is 1.37 bits per heavy atom. The van der Waals surface area contributed by atoms with Crippen molar-refractivity contribution in [1.82, 2.24) is 19.7 Å². The van der Waals surface area contributed by atoms with Crippen LogP contribution in [0.15, 0.2) is 35.3 Å². The van der Waals surface area contributed by atoms with Crippen LogP contribution in [0.4, 0.5) is 0 Å². The predicted octanol–water partition coefficient (Wildman–Crippen LogP) is 2.43. The quantitative estimate of drug-likeness (QED) is 0.725. The van der Waals surface area contributed by atoms with Gasteiger partial charge in [-0.1, -0.05) is 6.07 Å². The van der Waals surface area contributed by atoms with Crippen LogP contribution in [0.2, 0.25) is 0 Å². The molecule has 3 heterocycles. The molecule has 0 aliphatic rings. The van der Waals surface area contributed by atoms with Crippen molar-refractivity contribution in [3.8, 4) is 0 Å². The van der Waals surface area contributed by atoms with Gasteiger partial charge in [0.25, 0.3) is 0 Å². The second-order valence-electron chi connectivity index (χ2n) is 4.48. The zero-order valence-corrected chi connectivity index (χ0v) is 11.7. The predicted molar refractivity (Wildman–Crippen MR) is 77.5 cm³/mol. The number of nitrogens with one attached hydrogen (secondary N) is 1. The van der Waals surface area contributed by atoms with Crippen LogP contribution in [0.25, 0.3) is 5.65 Å². The minimum atomic E-state index is 0.834. The minimum Gasteiger partial charge on any atom is -0.311 e. The molecule has 0 bridgehead atoms. The van der Waals surface area contributed by atoms with Crippen LogP contribution in [0, 0.1) is 6.92 Å². The highest BCUT2D eigenvalue weighted by Crippen LogP contribution is 2.11. The van der Waals surface area contributed by atoms with E-state index in [1.165, 1.54) is 5.69 Å². The van der Waals surface area contributed by atoms with Crippen LogP contribution in [-0.4, -0.2) is 20.9 Å². The molecule has 3 aromatic rings. The molecular formula is C14H16N4S. The lowest BCUT2D eigenvalue weighted by Crippen LogP contribution is -2.18. The van der Waals surface area contributed by atoms with Gasteiger partial charge >= 0.3 is 0 Å². The first kappa shape index (κ1) is 12.3. The Kier molecular flexibility index (Phi) is 3.57. The molecule has 98 valence electrons. The molecule has 3 aromatic heterocycles. The number of aromatic nitrogens is 3. The summed E-state index contributed by atoms with van der Waals surface area (Å²) in [7, 11) is 0. The lowest BCUT2D eigenvalue weighted by atomic mass is 10.3. The maximum absolute atomic E-state index is 4.55. The highest BCUT2D eigenvalue weighted by Gasteiger charge is 2.07. The van der Waals surface area contributed by atoms with Crippen molar-refractivity contribution < 1.29 is 0 Å². The maximum atomic E-state index is 4.55. The van der Waals surface area contributed by atoms with Gasteiger partial charge in [0.1, 0.15) is 5.65 Å². The van der Waals surface area contributed by atoms with Crippen molar-refractivity contribution in [3.63, 3.8) is 0 Å². The van der Waals surface area contributed by atoms with Crippen LogP contribution in [0.5, 0.6) is 0 Å². The van der Waals surface area contributed by atoms with Crippen molar-refractivity contribution >= 4 is 17.0 Å². The van der Waals surface area contributed by atoms with Crippen molar-refractivity contribution in [1.29, 1.82) is 0 Å². The standard InChI is InChI=1S/C14H16N4S/c1-11-13(18-7-3-2-4-14(18)17-11)8-15-6-5-12-9-19-10-16-12/h2-4,7,9-10,15H,5-6,8H2,1H3. The van der Waals surface area contributed by atoms with E-state index in [0.29, 0.717) is 0 Å². The number of rotatable bonds is 5. The highest BCUT2D eigenvalue weighted by atomic mass is 32.1. The third kappa shape index (κ3) is 2.67. The van der Waals surface area contributed by atoms with E-state index < -0.39 is 0 Å². The molecule has 0 radical (unpaired) electrons. The van der Waals surface area contributed by atoms with Gasteiger partial charge in [-0.3, -0.25) is 0 Å². The van der Waals surface area contributed by atoms with Crippen LogP contribution < -0.4 is 5.32 Å². The Balaban J connectivity index is 1.63. The minimum absolute atomic E-state index is 0.834. The van der Waals surface area contributed by atoms with E-state index in [1.807, 2.05) is 23.7 Å². The first-order valence-electron chi connectivity index (χ1n) is 6.35. The van der Waals surface area contributed by atoms with Crippen LogP contribution in [0.3, 0.4) is 0 Å². The first-order chi connectivity index (χ1) is 9.34. The Hall–Kier alpha value is -1.72. The summed E-state index contributed by atoms with van der Waals surface area (Å²) in [6, 6.07) is 6.08. The lowest BCUT2D eigenvalue weighted by molar-refractivity contribution is 0.663. The van der Waals surface area contributed by atoms with Crippen molar-refractivity contribution in [2.75, 3.05) is 6.54 Å². The second kappa shape index (κ2) is 5.50. The van der Waals surface area contributed by atoms with E-state index in [0.717, 1.165) is 36.5 Å². The summed E-state index contributed by atoms with van der Waals surface area (Å²) >= 11 is 1.65. The number of hydrogen-bond donors (Lipinski definition) is 1. The Labute approximate surface area is 116 Å². The fraction of sp³-hybridized carbons (Fsp3) is 0.286. The Morgan fingerprint density at radius 3 is 3.16 bits per heavy atom. The number of pyridine rings is 1. The van der Waals surface area contributed by atoms with E-state index in [4.69, 9.17) is 0 Å². The van der Waals surface area contributed by atoms with E-state index in [1.54, 1.807) is 11.3 Å². The van der Waals surface area contributed by atoms with Crippen molar-refractivity contribution in [2.45, 2.75) is 19.9 Å². The van der Waals surface area contributed by atoms with Gasteiger partial charge in [-0.2, -0.15) is 0 Å². The molecule has 0 unspecified atom stereocenters. The molecule has 5 heteroatoms. The van der Waals surface area contributed by atoms with Crippen LogP contribution in [-0.2, 0) is 13.0 Å². The Morgan fingerprint density at radius 2 is 2.32 bits per heavy atom. The van der Waals surface area contributed by atoms with Gasteiger partial charge in [0.05, 0.1) is 22.6 Å². The zero-order chi connectivity index (χ0) is 13.1. The molecule has 0 spiro atoms. The van der Waals surface area contributed by atoms with Gasteiger partial charge in [-0.25, -0.2) is 9.97 Å². The molecule has 0 atom stereocenters. The molecule has 4 nitrogen and oxygen atoms in total. The molecule has 3 rings (SSSR count). The molecule has 0 aliphatic heterocycles. The smallest absolute Gasteiger partial charge is 0.137 e. The summed E-state index contributed by atoms with van der Waals surface area (Å²) in [6.45, 7) is 3.83. The number of hydrogen-bond acceptors (Lipinski definition) is 4. The molecule has 0 aromatic carbocycles. The third-order valence-electron chi connectivity index (χ3n) is 3.16. The van der Waals surface area contributed by atoms with Gasteiger partial charge < -0.3 is 9.72 Å². The van der Waals surface area contributed by atoms with Crippen molar-refractivity contribution in [2.24, 2.45) is 0 Å². The molecule has 1 N–H and O–H groups in total. The first-order valence-corrected chi connectivity index (χ1v) is 7.29. The second-order valence-corrected chi connectivity index (χ2v) is 5.20. The lowest BCUT2D eigenvalue weighted by Gasteiger charge is -2.05. The maximum Gasteiger partial charge on any atom is 0.137 e. The fourth-order valence-electron chi connectivity index (χ4n) is 2.16. The average molecular weight is 272 g/mol. The van der Waals surface area contributed by atoms with Crippen LogP contribution >= 0.6 is 11.3 Å². The average Bonchev–Trinajstić information content (AvgIpc) is 3.02. The summed E-state index contributed by atoms with van der Waals surface area (Å²) < 4.78 is 2.14. The van der Waals surface area contributed by atoms with Gasteiger partial charge in [0, 0.05) is 31.1 Å². The molecule has 0 saturated heterocycles. The largest absolute Gasteiger partial charge is 0.311 e. The highest BCUT2D eigenvalue weighted by molar-refractivity contribution is 7.07. The normalized spacial score (nSPS) is 11.2. The SMILES string of the molecule is Cc1nc2ccccn2c1CNCCc1cscn1. The van der Waals surface area contributed by atoms with E-state index in [2.05, 4.69) is 38.2 Å². The number of imidazole rings is 1. The summed E-state index contributed by atoms with van der Waals surface area (Å²) in [5, 5.41) is 5.56. The third-order valence-corrected chi connectivity index (χ3v) is 3.80. The number of nitrogens with zero attached hydrogens (tertiary/aromatic N) is 3. The number of fused-ring (bicyclic) bond motifs is 1. The fourth-order valence-corrected chi connectivity index (χ4v) is 2.75. The monoisotopic (exact) mass is 272 g/mol. The van der Waals surface area contributed by atoms with E-state index >= 15 is 0 Å². The number of aryl methyl sites for hydroxylation is 1. The molecule has 0 saturated carbocycles. The van der Waals surface area contributed by atoms with Gasteiger partial charge in [-0.15, -0.1) is 11.3 Å². The van der Waals surface area contributed by atoms with Gasteiger partial charge in [0.2, 0.25) is 0 Å². The summed E-state index contributed by atoms with van der Waals surface area (Å²) in [5.41, 5.74) is 6.37. The molecule has 19 heavy (non-hydrogen) atoms. The summed E-state index contributed by atoms with van der Waals surface area (Å²) in [5.74, 6) is 0. The summed E-state index contributed by atoms with van der Waals surface area (Å²) in [4.78, 5) is 8.83.